The summed E-state index contributed by atoms with van der Waals surface area (Å²) in [5, 5.41) is 0. The zero-order chi connectivity index (χ0) is 16.7. The van der Waals surface area contributed by atoms with E-state index in [2.05, 4.69) is 0 Å². The molecule has 0 saturated heterocycles. The summed E-state index contributed by atoms with van der Waals surface area (Å²) < 4.78 is 15.9. The molecule has 1 aliphatic carbocycles. The second-order valence-corrected chi connectivity index (χ2v) is 5.53. The minimum Gasteiger partial charge on any atom is -0.472 e. The van der Waals surface area contributed by atoms with E-state index in [0.29, 0.717) is 35.1 Å². The van der Waals surface area contributed by atoms with Crippen LogP contribution < -0.4 is 0 Å². The van der Waals surface area contributed by atoms with Gasteiger partial charge < -0.3 is 14.2 Å². The molecule has 0 amide bonds. The quantitative estimate of drug-likeness (QED) is 0.741. The van der Waals surface area contributed by atoms with E-state index in [1.807, 2.05) is 0 Å². The molecular weight excluding hydrogens is 296 g/mol. The number of carbonyl (C=O) groups is 2. The summed E-state index contributed by atoms with van der Waals surface area (Å²) >= 11 is 0. The molecule has 0 fully saturated rings. The normalized spacial score (nSPS) is 18.3. The molecule has 0 N–H and O–H groups in total. The monoisotopic (exact) mass is 320 g/mol. The van der Waals surface area contributed by atoms with Gasteiger partial charge in [0, 0.05) is 11.1 Å². The van der Waals surface area contributed by atoms with Gasteiger partial charge in [0.2, 0.25) is 0 Å². The molecule has 5 nitrogen and oxygen atoms in total. The molecule has 23 heavy (non-hydrogen) atoms. The molecule has 0 aromatic carbocycles. The van der Waals surface area contributed by atoms with Crippen molar-refractivity contribution in [3.8, 4) is 0 Å². The number of ether oxygens (including phenoxy) is 3. The molecule has 1 aliphatic heterocycles. The zero-order valence-corrected chi connectivity index (χ0v) is 13.9. The van der Waals surface area contributed by atoms with Gasteiger partial charge in [-0.2, -0.15) is 0 Å². The van der Waals surface area contributed by atoms with Gasteiger partial charge in [-0.15, -0.1) is 0 Å². The van der Waals surface area contributed by atoms with Gasteiger partial charge in [-0.05, 0) is 39.5 Å². The van der Waals surface area contributed by atoms with Crippen LogP contribution in [0.4, 0.5) is 0 Å². The van der Waals surface area contributed by atoms with E-state index in [4.69, 9.17) is 14.2 Å². The number of rotatable bonds is 4. The highest BCUT2D eigenvalue weighted by atomic mass is 16.5. The van der Waals surface area contributed by atoms with Gasteiger partial charge in [-0.1, -0.05) is 12.8 Å². The van der Waals surface area contributed by atoms with Crippen LogP contribution in [0.5, 0.6) is 0 Å². The number of fused-ring (bicyclic) bond motifs is 2. The van der Waals surface area contributed by atoms with Crippen molar-refractivity contribution in [1.82, 2.24) is 0 Å². The van der Waals surface area contributed by atoms with Crippen LogP contribution in [0.2, 0.25) is 0 Å². The fraction of sp³-hybridized carbons (Fsp3) is 0.556. The Kier molecular flexibility index (Phi) is 6.44. The largest absolute Gasteiger partial charge is 0.472 e. The predicted octanol–water partition coefficient (Wildman–Crippen LogP) is 3.56. The fourth-order valence-electron chi connectivity index (χ4n) is 2.86. The number of esters is 2. The maximum absolute atomic E-state index is 12.5. The standard InChI is InChI=1S/C18H24O5/c1-3-22-17(19)15-13-9-7-5-6-8-10-14(12-21-11-13)16(15)18(20)23-4-2/h11-12H,3-10H2,1-2H3. The SMILES string of the molecule is CCOC(=O)C1=C(C(=O)OCC)C2=COC=C1CCCCCC2. The predicted molar refractivity (Wildman–Crippen MR) is 85.2 cm³/mol. The lowest BCUT2D eigenvalue weighted by atomic mass is 9.89. The molecular formula is C18H24O5. The van der Waals surface area contributed by atoms with Gasteiger partial charge >= 0.3 is 11.9 Å². The van der Waals surface area contributed by atoms with Gasteiger partial charge in [-0.3, -0.25) is 0 Å². The Bertz CT molecular complexity index is 506. The average molecular weight is 320 g/mol. The third kappa shape index (κ3) is 4.24. The summed E-state index contributed by atoms with van der Waals surface area (Å²) in [7, 11) is 0. The van der Waals surface area contributed by atoms with Crippen molar-refractivity contribution in [3.63, 3.8) is 0 Å². The molecule has 0 radical (unpaired) electrons. The molecule has 2 bridgehead atoms. The van der Waals surface area contributed by atoms with Crippen LogP contribution in [0.15, 0.2) is 34.8 Å². The lowest BCUT2D eigenvalue weighted by molar-refractivity contribution is -0.141. The molecule has 0 spiro atoms. The highest BCUT2D eigenvalue weighted by Crippen LogP contribution is 2.33. The van der Waals surface area contributed by atoms with Gasteiger partial charge in [-0.25, -0.2) is 9.59 Å². The van der Waals surface area contributed by atoms with Gasteiger partial charge in [0.05, 0.1) is 36.9 Å². The highest BCUT2D eigenvalue weighted by molar-refractivity contribution is 6.06. The van der Waals surface area contributed by atoms with Crippen molar-refractivity contribution in [2.45, 2.75) is 52.4 Å². The Morgan fingerprint density at radius 1 is 0.870 bits per heavy atom. The number of hydrogen-bond donors (Lipinski definition) is 0. The first kappa shape index (κ1) is 17.3. The van der Waals surface area contributed by atoms with E-state index in [1.165, 1.54) is 0 Å². The van der Waals surface area contributed by atoms with E-state index >= 15 is 0 Å². The summed E-state index contributed by atoms with van der Waals surface area (Å²) in [6.45, 7) is 4.01. The Hall–Kier alpha value is -2.04. The van der Waals surface area contributed by atoms with Crippen molar-refractivity contribution in [2.75, 3.05) is 13.2 Å². The van der Waals surface area contributed by atoms with Crippen LogP contribution in [-0.2, 0) is 23.8 Å². The first-order valence-corrected chi connectivity index (χ1v) is 8.31. The van der Waals surface area contributed by atoms with Crippen molar-refractivity contribution in [1.29, 1.82) is 0 Å². The van der Waals surface area contributed by atoms with Crippen LogP contribution in [0.3, 0.4) is 0 Å². The molecule has 126 valence electrons. The molecule has 2 aliphatic rings. The lowest BCUT2D eigenvalue weighted by Crippen LogP contribution is -2.19. The molecule has 2 rings (SSSR count). The molecule has 5 heteroatoms. The van der Waals surface area contributed by atoms with Crippen LogP contribution in [-0.4, -0.2) is 25.2 Å². The van der Waals surface area contributed by atoms with Gasteiger partial charge in [0.1, 0.15) is 0 Å². The fourth-order valence-corrected chi connectivity index (χ4v) is 2.86. The first-order valence-electron chi connectivity index (χ1n) is 8.31. The van der Waals surface area contributed by atoms with E-state index < -0.39 is 11.9 Å². The van der Waals surface area contributed by atoms with E-state index in [9.17, 15) is 9.59 Å². The second-order valence-electron chi connectivity index (χ2n) is 5.53. The minimum absolute atomic E-state index is 0.256. The summed E-state index contributed by atoms with van der Waals surface area (Å²) in [5.74, 6) is -0.974. The maximum Gasteiger partial charge on any atom is 0.339 e. The zero-order valence-electron chi connectivity index (χ0n) is 13.9. The summed E-state index contributed by atoms with van der Waals surface area (Å²) in [6, 6.07) is 0. The molecule has 0 saturated carbocycles. The van der Waals surface area contributed by atoms with Crippen LogP contribution in [0.25, 0.3) is 0 Å². The van der Waals surface area contributed by atoms with Crippen LogP contribution >= 0.6 is 0 Å². The van der Waals surface area contributed by atoms with Crippen LogP contribution in [0, 0.1) is 0 Å². The maximum atomic E-state index is 12.5. The molecule has 0 unspecified atom stereocenters. The summed E-state index contributed by atoms with van der Waals surface area (Å²) in [4.78, 5) is 25.0. The Morgan fingerprint density at radius 3 is 1.70 bits per heavy atom. The van der Waals surface area contributed by atoms with E-state index in [0.717, 1.165) is 25.7 Å². The molecule has 0 aromatic rings. The minimum atomic E-state index is -0.487. The second kappa shape index (κ2) is 8.56. The third-order valence-corrected chi connectivity index (χ3v) is 3.91. The lowest BCUT2D eigenvalue weighted by Gasteiger charge is -2.17. The van der Waals surface area contributed by atoms with E-state index in [-0.39, 0.29) is 13.2 Å². The van der Waals surface area contributed by atoms with Crippen LogP contribution in [0.1, 0.15) is 52.4 Å². The van der Waals surface area contributed by atoms with Crippen molar-refractivity contribution >= 4 is 11.9 Å². The average Bonchev–Trinajstić information content (AvgIpc) is 2.73. The van der Waals surface area contributed by atoms with Gasteiger partial charge in [0.25, 0.3) is 0 Å². The van der Waals surface area contributed by atoms with Gasteiger partial charge in [0.15, 0.2) is 0 Å². The first-order chi connectivity index (χ1) is 11.2. The number of hydrogen-bond acceptors (Lipinski definition) is 5. The van der Waals surface area contributed by atoms with Crippen molar-refractivity contribution in [2.24, 2.45) is 0 Å². The van der Waals surface area contributed by atoms with E-state index in [1.54, 1.807) is 26.4 Å². The third-order valence-electron chi connectivity index (χ3n) is 3.91. The molecule has 0 aromatic heterocycles. The summed E-state index contributed by atoms with van der Waals surface area (Å²) in [6.07, 6.45) is 8.56. The van der Waals surface area contributed by atoms with Crippen molar-refractivity contribution in [3.05, 3.63) is 34.8 Å². The Balaban J connectivity index is 2.56. The number of carbonyl (C=O) groups excluding carboxylic acids is 2. The molecule has 1 heterocycles. The van der Waals surface area contributed by atoms with Crippen molar-refractivity contribution < 1.29 is 23.8 Å². The Labute approximate surface area is 137 Å². The smallest absolute Gasteiger partial charge is 0.339 e. The highest BCUT2D eigenvalue weighted by Gasteiger charge is 2.31. The summed E-state index contributed by atoms with van der Waals surface area (Å²) in [5.41, 5.74) is 2.02. The Morgan fingerprint density at radius 2 is 1.30 bits per heavy atom. The molecule has 0 atom stereocenters. The topological polar surface area (TPSA) is 61.8 Å².